The molecule has 1 aliphatic heterocycles. The van der Waals surface area contributed by atoms with E-state index in [0.717, 1.165) is 5.56 Å². The number of halogens is 1. The molecule has 1 aliphatic rings. The predicted molar refractivity (Wildman–Crippen MR) is 60.5 cm³/mol. The van der Waals surface area contributed by atoms with Crippen LogP contribution >= 0.6 is 11.6 Å². The van der Waals surface area contributed by atoms with Crippen LogP contribution in [-0.4, -0.2) is 28.1 Å². The van der Waals surface area contributed by atoms with E-state index < -0.39 is 12.2 Å². The molecular weight excluding hydrogens is 230 g/mol. The van der Waals surface area contributed by atoms with Gasteiger partial charge in [-0.3, -0.25) is 4.79 Å². The summed E-state index contributed by atoms with van der Waals surface area (Å²) in [6.45, 7) is 0. The largest absolute Gasteiger partial charge is 0.389 e. The Morgan fingerprint density at radius 3 is 2.88 bits per heavy atom. The molecule has 1 heterocycles. The molecule has 2 unspecified atom stereocenters. The Hall–Kier alpha value is -1.10. The van der Waals surface area contributed by atoms with E-state index in [1.54, 1.807) is 12.1 Å². The normalized spacial score (nSPS) is 17.8. The molecule has 0 aromatic heterocycles. The van der Waals surface area contributed by atoms with Crippen molar-refractivity contribution >= 4 is 23.2 Å². The Kier molecular flexibility index (Phi) is 3.14. The van der Waals surface area contributed by atoms with Crippen molar-refractivity contribution in [3.05, 3.63) is 29.3 Å². The highest BCUT2D eigenvalue weighted by Gasteiger charge is 2.26. The second-order valence-electron chi connectivity index (χ2n) is 3.77. The molecule has 1 amide bonds. The second kappa shape index (κ2) is 4.41. The molecule has 0 radical (unpaired) electrons. The van der Waals surface area contributed by atoms with Crippen molar-refractivity contribution in [2.75, 3.05) is 11.2 Å². The lowest BCUT2D eigenvalue weighted by Crippen LogP contribution is -2.20. The zero-order valence-corrected chi connectivity index (χ0v) is 9.24. The van der Waals surface area contributed by atoms with E-state index in [0.29, 0.717) is 17.7 Å². The molecule has 16 heavy (non-hydrogen) atoms. The van der Waals surface area contributed by atoms with Gasteiger partial charge in [0.15, 0.2) is 0 Å². The summed E-state index contributed by atoms with van der Waals surface area (Å²) in [4.78, 5) is 11.2. The third-order valence-electron chi connectivity index (χ3n) is 2.64. The molecule has 1 aromatic rings. The molecule has 3 N–H and O–H groups in total. The van der Waals surface area contributed by atoms with Gasteiger partial charge in [-0.15, -0.1) is 11.6 Å². The molecule has 0 aliphatic carbocycles. The molecule has 1 aromatic carbocycles. The Morgan fingerprint density at radius 2 is 2.19 bits per heavy atom. The SMILES string of the molecule is O=C1Cc2cccc(C(O)C(O)CCl)c2N1. The van der Waals surface area contributed by atoms with E-state index in [9.17, 15) is 15.0 Å². The van der Waals surface area contributed by atoms with Crippen LogP contribution in [-0.2, 0) is 11.2 Å². The number of anilines is 1. The van der Waals surface area contributed by atoms with Crippen LogP contribution < -0.4 is 5.32 Å². The first-order valence-corrected chi connectivity index (χ1v) is 5.50. The fourth-order valence-corrected chi connectivity index (χ4v) is 1.98. The van der Waals surface area contributed by atoms with E-state index in [1.165, 1.54) is 0 Å². The number of aliphatic hydroxyl groups is 2. The molecular formula is C11H12ClNO3. The summed E-state index contributed by atoms with van der Waals surface area (Å²) in [5.74, 6) is -0.159. The minimum atomic E-state index is -1.08. The minimum absolute atomic E-state index is 0.0568. The standard InChI is InChI=1S/C11H12ClNO3/c12-5-8(14)11(16)7-3-1-2-6-4-9(15)13-10(6)7/h1-3,8,11,14,16H,4-5H2,(H,13,15). The number of alkyl halides is 1. The zero-order chi connectivity index (χ0) is 11.7. The smallest absolute Gasteiger partial charge is 0.228 e. The number of hydrogen-bond acceptors (Lipinski definition) is 3. The summed E-state index contributed by atoms with van der Waals surface area (Å²) < 4.78 is 0. The van der Waals surface area contributed by atoms with Crippen molar-refractivity contribution in [1.82, 2.24) is 0 Å². The Labute approximate surface area is 97.9 Å². The number of carbonyl (C=O) groups is 1. The van der Waals surface area contributed by atoms with Crippen LogP contribution in [0.1, 0.15) is 17.2 Å². The van der Waals surface area contributed by atoms with Gasteiger partial charge in [0.1, 0.15) is 6.10 Å². The number of benzene rings is 1. The van der Waals surface area contributed by atoms with E-state index in [-0.39, 0.29) is 11.8 Å². The molecule has 4 nitrogen and oxygen atoms in total. The zero-order valence-electron chi connectivity index (χ0n) is 8.48. The number of amides is 1. The summed E-state index contributed by atoms with van der Waals surface area (Å²) >= 11 is 5.48. The maximum absolute atomic E-state index is 11.2. The van der Waals surface area contributed by atoms with Crippen molar-refractivity contribution in [1.29, 1.82) is 0 Å². The van der Waals surface area contributed by atoms with Crippen LogP contribution in [0.25, 0.3) is 0 Å². The van der Waals surface area contributed by atoms with Gasteiger partial charge in [-0.2, -0.15) is 0 Å². The monoisotopic (exact) mass is 241 g/mol. The average molecular weight is 242 g/mol. The van der Waals surface area contributed by atoms with Crippen LogP contribution in [0.15, 0.2) is 18.2 Å². The lowest BCUT2D eigenvalue weighted by molar-refractivity contribution is -0.115. The summed E-state index contributed by atoms with van der Waals surface area (Å²) in [6.07, 6.45) is -1.80. The van der Waals surface area contributed by atoms with Crippen LogP contribution in [0, 0.1) is 0 Å². The average Bonchev–Trinajstić information content (AvgIpc) is 2.66. The van der Waals surface area contributed by atoms with Crippen molar-refractivity contribution in [2.45, 2.75) is 18.6 Å². The molecule has 5 heteroatoms. The van der Waals surface area contributed by atoms with Gasteiger partial charge in [0.05, 0.1) is 24.1 Å². The van der Waals surface area contributed by atoms with Gasteiger partial charge in [-0.25, -0.2) is 0 Å². The van der Waals surface area contributed by atoms with E-state index in [2.05, 4.69) is 5.32 Å². The van der Waals surface area contributed by atoms with Crippen molar-refractivity contribution in [2.24, 2.45) is 0 Å². The maximum atomic E-state index is 11.2. The maximum Gasteiger partial charge on any atom is 0.228 e. The molecule has 0 saturated carbocycles. The van der Waals surface area contributed by atoms with Crippen molar-refractivity contribution in [3.63, 3.8) is 0 Å². The van der Waals surface area contributed by atoms with Gasteiger partial charge < -0.3 is 15.5 Å². The van der Waals surface area contributed by atoms with Gasteiger partial charge in [0.25, 0.3) is 0 Å². The number of para-hydroxylation sites is 1. The molecule has 2 rings (SSSR count). The van der Waals surface area contributed by atoms with E-state index >= 15 is 0 Å². The summed E-state index contributed by atoms with van der Waals surface area (Å²) in [5.41, 5.74) is 1.95. The van der Waals surface area contributed by atoms with Crippen molar-refractivity contribution in [3.8, 4) is 0 Å². The summed E-state index contributed by atoms with van der Waals surface area (Å²) in [7, 11) is 0. The first-order chi connectivity index (χ1) is 7.63. The fourth-order valence-electron chi connectivity index (χ4n) is 1.81. The van der Waals surface area contributed by atoms with Crippen LogP contribution in [0.5, 0.6) is 0 Å². The lowest BCUT2D eigenvalue weighted by Gasteiger charge is -2.18. The Bertz CT molecular complexity index is 422. The first-order valence-electron chi connectivity index (χ1n) is 4.97. The quantitative estimate of drug-likeness (QED) is 0.686. The molecule has 0 fully saturated rings. The van der Waals surface area contributed by atoms with Gasteiger partial charge in [-0.1, -0.05) is 18.2 Å². The molecule has 0 spiro atoms. The third-order valence-corrected chi connectivity index (χ3v) is 2.96. The highest BCUT2D eigenvalue weighted by atomic mass is 35.5. The van der Waals surface area contributed by atoms with Gasteiger partial charge in [0.2, 0.25) is 5.91 Å². The molecule has 2 atom stereocenters. The number of hydrogen-bond donors (Lipinski definition) is 3. The lowest BCUT2D eigenvalue weighted by atomic mass is 10.0. The van der Waals surface area contributed by atoms with Crippen LogP contribution in [0.3, 0.4) is 0 Å². The van der Waals surface area contributed by atoms with E-state index in [4.69, 9.17) is 11.6 Å². The molecule has 0 bridgehead atoms. The number of nitrogens with one attached hydrogen (secondary N) is 1. The minimum Gasteiger partial charge on any atom is -0.389 e. The summed E-state index contributed by atoms with van der Waals surface area (Å²) in [6, 6.07) is 5.24. The first kappa shape index (κ1) is 11.4. The summed E-state index contributed by atoms with van der Waals surface area (Å²) in [5, 5.41) is 22.0. The second-order valence-corrected chi connectivity index (χ2v) is 4.08. The van der Waals surface area contributed by atoms with Gasteiger partial charge >= 0.3 is 0 Å². The Balaban J connectivity index is 2.36. The topological polar surface area (TPSA) is 69.6 Å². The van der Waals surface area contributed by atoms with Gasteiger partial charge in [-0.05, 0) is 5.56 Å². The molecule has 86 valence electrons. The van der Waals surface area contributed by atoms with Crippen LogP contribution in [0.2, 0.25) is 0 Å². The number of carbonyl (C=O) groups excluding carboxylic acids is 1. The number of aliphatic hydroxyl groups excluding tert-OH is 2. The van der Waals surface area contributed by atoms with Crippen molar-refractivity contribution < 1.29 is 15.0 Å². The van der Waals surface area contributed by atoms with Gasteiger partial charge in [0, 0.05) is 5.56 Å². The molecule has 0 saturated heterocycles. The predicted octanol–water partition coefficient (Wildman–Crippen LogP) is 0.814. The van der Waals surface area contributed by atoms with E-state index in [1.807, 2.05) is 6.07 Å². The Morgan fingerprint density at radius 1 is 1.44 bits per heavy atom. The van der Waals surface area contributed by atoms with Crippen LogP contribution in [0.4, 0.5) is 5.69 Å². The highest BCUT2D eigenvalue weighted by Crippen LogP contribution is 2.32. The third kappa shape index (κ3) is 1.91. The number of rotatable bonds is 3. The highest BCUT2D eigenvalue weighted by molar-refractivity contribution is 6.18. The number of fused-ring (bicyclic) bond motifs is 1. The fraction of sp³-hybridized carbons (Fsp3) is 0.364.